The van der Waals surface area contributed by atoms with Crippen LogP contribution < -0.4 is 10.6 Å². The first-order valence-corrected chi connectivity index (χ1v) is 10.3. The highest BCUT2D eigenvalue weighted by Crippen LogP contribution is 2.32. The van der Waals surface area contributed by atoms with E-state index >= 15 is 0 Å². The van der Waals surface area contributed by atoms with Gasteiger partial charge in [0.05, 0.1) is 18.0 Å². The molecule has 5 nitrogen and oxygen atoms in total. The summed E-state index contributed by atoms with van der Waals surface area (Å²) in [6, 6.07) is 14.4. The molecular weight excluding hydrogens is 407 g/mol. The van der Waals surface area contributed by atoms with Crippen molar-refractivity contribution < 1.29 is 22.8 Å². The van der Waals surface area contributed by atoms with Crippen LogP contribution in [0.15, 0.2) is 54.6 Å². The molecule has 1 aliphatic heterocycles. The average molecular weight is 433 g/mol. The topological polar surface area (TPSA) is 61.4 Å². The number of alkyl halides is 3. The first-order valence-electron chi connectivity index (χ1n) is 10.3. The summed E-state index contributed by atoms with van der Waals surface area (Å²) in [7, 11) is 0. The molecule has 0 bridgehead atoms. The number of carbonyl (C=O) groups is 2. The number of aryl methyl sites for hydroxylation is 1. The highest BCUT2D eigenvalue weighted by atomic mass is 19.4. The molecule has 2 aromatic rings. The van der Waals surface area contributed by atoms with Crippen LogP contribution in [0, 0.1) is 0 Å². The fraction of sp³-hybridized carbons (Fsp3) is 0.391. The Morgan fingerprint density at radius 1 is 1.10 bits per heavy atom. The van der Waals surface area contributed by atoms with Gasteiger partial charge in [-0.3, -0.25) is 14.5 Å². The Balaban J connectivity index is 1.57. The second-order valence-corrected chi connectivity index (χ2v) is 7.58. The molecule has 1 heterocycles. The minimum Gasteiger partial charge on any atom is -0.356 e. The number of piperazine rings is 1. The number of nitrogens with zero attached hydrogens (tertiary/aromatic N) is 1. The first-order chi connectivity index (χ1) is 14.8. The average Bonchev–Trinajstić information content (AvgIpc) is 2.74. The SMILES string of the molecule is O=C(CC1C(=O)NCCN1Cc1ccccc1C(F)(F)F)NCCCc1ccccc1. The van der Waals surface area contributed by atoms with Gasteiger partial charge in [-0.2, -0.15) is 13.2 Å². The number of amides is 2. The summed E-state index contributed by atoms with van der Waals surface area (Å²) in [4.78, 5) is 26.4. The van der Waals surface area contributed by atoms with Gasteiger partial charge in [0.2, 0.25) is 11.8 Å². The summed E-state index contributed by atoms with van der Waals surface area (Å²) in [5, 5.41) is 5.52. The molecule has 0 saturated carbocycles. The van der Waals surface area contributed by atoms with Crippen LogP contribution in [-0.4, -0.2) is 42.4 Å². The largest absolute Gasteiger partial charge is 0.416 e. The quantitative estimate of drug-likeness (QED) is 0.629. The number of hydrogen-bond acceptors (Lipinski definition) is 3. The van der Waals surface area contributed by atoms with Crippen molar-refractivity contribution in [3.05, 3.63) is 71.3 Å². The van der Waals surface area contributed by atoms with E-state index in [1.54, 1.807) is 11.0 Å². The summed E-state index contributed by atoms with van der Waals surface area (Å²) in [6.45, 7) is 1.14. The van der Waals surface area contributed by atoms with Crippen molar-refractivity contribution in [2.45, 2.75) is 38.0 Å². The summed E-state index contributed by atoms with van der Waals surface area (Å²) < 4.78 is 40.0. The van der Waals surface area contributed by atoms with E-state index in [0.29, 0.717) is 19.6 Å². The number of benzene rings is 2. The number of rotatable bonds is 8. The van der Waals surface area contributed by atoms with Gasteiger partial charge in [-0.25, -0.2) is 0 Å². The van der Waals surface area contributed by atoms with E-state index in [0.717, 1.165) is 18.9 Å². The standard InChI is InChI=1S/C23H26F3N3O2/c24-23(25,26)19-11-5-4-10-18(19)16-29-14-13-28-22(31)20(29)15-21(30)27-12-6-9-17-7-2-1-3-8-17/h1-5,7-8,10-11,20H,6,9,12-16H2,(H,27,30)(H,28,31). The van der Waals surface area contributed by atoms with E-state index in [9.17, 15) is 22.8 Å². The third kappa shape index (κ3) is 6.55. The number of nitrogens with one attached hydrogen (secondary N) is 2. The number of carbonyl (C=O) groups excluding carboxylic acids is 2. The maximum absolute atomic E-state index is 13.3. The Bertz CT molecular complexity index is 887. The molecule has 2 aromatic carbocycles. The van der Waals surface area contributed by atoms with Gasteiger partial charge in [-0.05, 0) is 30.0 Å². The number of halogens is 3. The Labute approximate surface area is 179 Å². The Kier molecular flexibility index (Phi) is 7.68. The zero-order valence-electron chi connectivity index (χ0n) is 17.1. The molecule has 166 valence electrons. The van der Waals surface area contributed by atoms with Gasteiger partial charge >= 0.3 is 6.18 Å². The molecule has 1 fully saturated rings. The van der Waals surface area contributed by atoms with E-state index in [1.807, 2.05) is 30.3 Å². The molecule has 1 unspecified atom stereocenters. The van der Waals surface area contributed by atoms with E-state index in [-0.39, 0.29) is 30.3 Å². The highest BCUT2D eigenvalue weighted by Gasteiger charge is 2.36. The van der Waals surface area contributed by atoms with Gasteiger partial charge in [-0.1, -0.05) is 48.5 Å². The fourth-order valence-electron chi connectivity index (χ4n) is 3.74. The van der Waals surface area contributed by atoms with Gasteiger partial charge in [0, 0.05) is 26.2 Å². The molecular formula is C23H26F3N3O2. The molecule has 0 spiro atoms. The smallest absolute Gasteiger partial charge is 0.356 e. The van der Waals surface area contributed by atoms with Crippen molar-refractivity contribution in [2.75, 3.05) is 19.6 Å². The zero-order valence-corrected chi connectivity index (χ0v) is 17.1. The van der Waals surface area contributed by atoms with Crippen LogP contribution in [-0.2, 0) is 28.7 Å². The molecule has 2 N–H and O–H groups in total. The lowest BCUT2D eigenvalue weighted by Gasteiger charge is -2.35. The van der Waals surface area contributed by atoms with Gasteiger partial charge in [0.25, 0.3) is 0 Å². The van der Waals surface area contributed by atoms with Crippen molar-refractivity contribution in [1.29, 1.82) is 0 Å². The summed E-state index contributed by atoms with van der Waals surface area (Å²) in [5.74, 6) is -0.626. The van der Waals surface area contributed by atoms with Crippen LogP contribution in [0.1, 0.15) is 29.5 Å². The summed E-state index contributed by atoms with van der Waals surface area (Å²) >= 11 is 0. The minimum absolute atomic E-state index is 0.0466. The van der Waals surface area contributed by atoms with Gasteiger partial charge < -0.3 is 10.6 Å². The van der Waals surface area contributed by atoms with Crippen molar-refractivity contribution >= 4 is 11.8 Å². The van der Waals surface area contributed by atoms with Crippen molar-refractivity contribution in [3.8, 4) is 0 Å². The third-order valence-corrected chi connectivity index (χ3v) is 5.32. The molecule has 31 heavy (non-hydrogen) atoms. The van der Waals surface area contributed by atoms with Crippen LogP contribution >= 0.6 is 0 Å². The van der Waals surface area contributed by atoms with Gasteiger partial charge in [0.15, 0.2) is 0 Å². The second-order valence-electron chi connectivity index (χ2n) is 7.58. The van der Waals surface area contributed by atoms with Crippen LogP contribution in [0.2, 0.25) is 0 Å². The van der Waals surface area contributed by atoms with Crippen molar-refractivity contribution in [1.82, 2.24) is 15.5 Å². The Morgan fingerprint density at radius 2 is 1.81 bits per heavy atom. The molecule has 1 atom stereocenters. The predicted molar refractivity (Wildman–Crippen MR) is 111 cm³/mol. The monoisotopic (exact) mass is 433 g/mol. The lowest BCUT2D eigenvalue weighted by Crippen LogP contribution is -2.56. The first kappa shape index (κ1) is 22.8. The molecule has 0 aliphatic carbocycles. The van der Waals surface area contributed by atoms with Gasteiger partial charge in [-0.15, -0.1) is 0 Å². The highest BCUT2D eigenvalue weighted by molar-refractivity contribution is 5.88. The van der Waals surface area contributed by atoms with Gasteiger partial charge in [0.1, 0.15) is 0 Å². The molecule has 0 radical (unpaired) electrons. The molecule has 1 saturated heterocycles. The number of hydrogen-bond donors (Lipinski definition) is 2. The maximum atomic E-state index is 13.3. The van der Waals surface area contributed by atoms with E-state index in [4.69, 9.17) is 0 Å². The lowest BCUT2D eigenvalue weighted by atomic mass is 10.0. The third-order valence-electron chi connectivity index (χ3n) is 5.32. The van der Waals surface area contributed by atoms with Crippen LogP contribution in [0.4, 0.5) is 13.2 Å². The molecule has 1 aliphatic rings. The molecule has 3 rings (SSSR count). The predicted octanol–water partition coefficient (Wildman–Crippen LogP) is 3.14. The minimum atomic E-state index is -4.47. The van der Waals surface area contributed by atoms with Crippen LogP contribution in [0.5, 0.6) is 0 Å². The van der Waals surface area contributed by atoms with Crippen LogP contribution in [0.25, 0.3) is 0 Å². The van der Waals surface area contributed by atoms with E-state index in [1.165, 1.54) is 17.7 Å². The summed E-state index contributed by atoms with van der Waals surface area (Å²) in [5.41, 5.74) is 0.556. The summed E-state index contributed by atoms with van der Waals surface area (Å²) in [6.07, 6.45) is -2.98. The fourth-order valence-corrected chi connectivity index (χ4v) is 3.74. The lowest BCUT2D eigenvalue weighted by molar-refractivity contribution is -0.139. The Morgan fingerprint density at radius 3 is 2.55 bits per heavy atom. The van der Waals surface area contributed by atoms with E-state index < -0.39 is 17.8 Å². The maximum Gasteiger partial charge on any atom is 0.416 e. The normalized spacial score (nSPS) is 17.3. The second kappa shape index (κ2) is 10.4. The van der Waals surface area contributed by atoms with Crippen molar-refractivity contribution in [3.63, 3.8) is 0 Å². The zero-order chi connectivity index (χ0) is 22.3. The van der Waals surface area contributed by atoms with Crippen molar-refractivity contribution in [2.24, 2.45) is 0 Å². The molecule has 0 aromatic heterocycles. The Hall–Kier alpha value is -2.87. The molecule has 8 heteroatoms. The molecule has 2 amide bonds. The van der Waals surface area contributed by atoms with Crippen LogP contribution in [0.3, 0.4) is 0 Å². The van der Waals surface area contributed by atoms with E-state index in [2.05, 4.69) is 10.6 Å².